The lowest BCUT2D eigenvalue weighted by Gasteiger charge is -2.02. The number of H-pyrrole nitrogens is 1. The van der Waals surface area contributed by atoms with E-state index in [2.05, 4.69) is 10.1 Å². The topological polar surface area (TPSA) is 84.9 Å². The number of nitrogens with one attached hydrogen (secondary N) is 1. The van der Waals surface area contributed by atoms with Gasteiger partial charge in [0.05, 0.1) is 5.56 Å². The molecule has 3 N–H and O–H groups in total. The number of nitrogens with two attached hydrogens (primary N) is 1. The maximum Gasteiger partial charge on any atom is 0.247 e. The molecule has 0 atom stereocenters. The van der Waals surface area contributed by atoms with Gasteiger partial charge in [0.2, 0.25) is 5.56 Å². The van der Waals surface area contributed by atoms with Gasteiger partial charge in [-0.15, -0.1) is 0 Å². The molecule has 5 nitrogen and oxygen atoms in total. The van der Waals surface area contributed by atoms with Gasteiger partial charge in [-0.05, 0) is 23.8 Å². The Morgan fingerprint density at radius 2 is 2.05 bits per heavy atom. The molecule has 3 rings (SSSR count). The Morgan fingerprint density at radius 1 is 1.20 bits per heavy atom. The number of aromatic amines is 1. The molecule has 0 saturated carbocycles. The number of rotatable bonds is 2. The summed E-state index contributed by atoms with van der Waals surface area (Å²) >= 11 is 0. The lowest BCUT2D eigenvalue weighted by Crippen LogP contribution is -2.01. The number of hydrogen-bond donors (Lipinski definition) is 2. The van der Waals surface area contributed by atoms with E-state index in [1.807, 2.05) is 0 Å². The summed E-state index contributed by atoms with van der Waals surface area (Å²) in [6.07, 6.45) is 1.49. The second kappa shape index (κ2) is 4.65. The molecule has 2 heterocycles. The fourth-order valence-corrected chi connectivity index (χ4v) is 1.97. The van der Waals surface area contributed by atoms with Gasteiger partial charge in [0.1, 0.15) is 5.82 Å². The third kappa shape index (κ3) is 2.07. The summed E-state index contributed by atoms with van der Waals surface area (Å²) in [6, 6.07) is 8.92. The fourth-order valence-electron chi connectivity index (χ4n) is 1.97. The maximum atomic E-state index is 13.3. The van der Waals surface area contributed by atoms with Gasteiger partial charge in [0, 0.05) is 17.8 Å². The minimum absolute atomic E-state index is 0.164. The monoisotopic (exact) mass is 271 g/mol. The Bertz CT molecular complexity index is 803. The molecular weight excluding hydrogens is 261 g/mol. The fraction of sp³-hybridized carbons (Fsp3) is 0. The zero-order valence-electron chi connectivity index (χ0n) is 10.3. The molecule has 0 spiro atoms. The molecule has 0 unspecified atom stereocenters. The largest absolute Gasteiger partial charge is 0.380 e. The Kier molecular flexibility index (Phi) is 2.83. The molecule has 100 valence electrons. The van der Waals surface area contributed by atoms with Gasteiger partial charge in [-0.3, -0.25) is 4.79 Å². The molecule has 0 aliphatic carbocycles. The number of anilines is 1. The van der Waals surface area contributed by atoms with Crippen molar-refractivity contribution in [1.82, 2.24) is 10.1 Å². The number of benzene rings is 1. The van der Waals surface area contributed by atoms with E-state index in [0.717, 1.165) is 0 Å². The molecule has 0 fully saturated rings. The van der Waals surface area contributed by atoms with Crippen molar-refractivity contribution >= 4 is 5.82 Å². The lowest BCUT2D eigenvalue weighted by molar-refractivity contribution is 0.436. The van der Waals surface area contributed by atoms with E-state index in [1.165, 1.54) is 24.4 Å². The zero-order chi connectivity index (χ0) is 14.1. The summed E-state index contributed by atoms with van der Waals surface area (Å²) in [4.78, 5) is 13.6. The zero-order valence-corrected chi connectivity index (χ0v) is 10.3. The van der Waals surface area contributed by atoms with E-state index in [0.29, 0.717) is 22.5 Å². The Hall–Kier alpha value is -2.89. The molecule has 0 radical (unpaired) electrons. The average molecular weight is 271 g/mol. The van der Waals surface area contributed by atoms with Crippen LogP contribution in [0.5, 0.6) is 0 Å². The van der Waals surface area contributed by atoms with Gasteiger partial charge >= 0.3 is 0 Å². The van der Waals surface area contributed by atoms with Gasteiger partial charge in [0.15, 0.2) is 11.6 Å². The third-order valence-electron chi connectivity index (χ3n) is 2.88. The van der Waals surface area contributed by atoms with Crippen LogP contribution in [-0.2, 0) is 0 Å². The minimum atomic E-state index is -0.379. The standard InChI is InChI=1S/C14H10FN3O2/c15-10-3-1-2-8(6-10)12-13(20-18-14(12)16)9-4-5-11(19)17-7-9/h1-7H,(H2,16,18)(H,17,19). The Labute approximate surface area is 112 Å². The second-order valence-corrected chi connectivity index (χ2v) is 4.22. The molecule has 0 amide bonds. The highest BCUT2D eigenvalue weighted by molar-refractivity contribution is 5.86. The highest BCUT2D eigenvalue weighted by Gasteiger charge is 2.18. The first-order valence-electron chi connectivity index (χ1n) is 5.85. The minimum Gasteiger partial charge on any atom is -0.380 e. The third-order valence-corrected chi connectivity index (χ3v) is 2.88. The van der Waals surface area contributed by atoms with Crippen LogP contribution in [0.25, 0.3) is 22.5 Å². The molecule has 0 aliphatic rings. The molecular formula is C14H10FN3O2. The summed E-state index contributed by atoms with van der Waals surface area (Å²) in [7, 11) is 0. The molecule has 6 heteroatoms. The number of aromatic nitrogens is 2. The van der Waals surface area contributed by atoms with Gasteiger partial charge in [0.25, 0.3) is 0 Å². The summed E-state index contributed by atoms with van der Waals surface area (Å²) in [5.41, 5.74) is 7.22. The van der Waals surface area contributed by atoms with Crippen molar-refractivity contribution in [2.24, 2.45) is 0 Å². The molecule has 3 aromatic rings. The first-order chi connectivity index (χ1) is 9.65. The Balaban J connectivity index is 2.19. The highest BCUT2D eigenvalue weighted by Crippen LogP contribution is 2.36. The molecule has 0 bridgehead atoms. The van der Waals surface area contributed by atoms with E-state index >= 15 is 0 Å². The second-order valence-electron chi connectivity index (χ2n) is 4.22. The van der Waals surface area contributed by atoms with Crippen molar-refractivity contribution in [3.63, 3.8) is 0 Å². The normalized spacial score (nSPS) is 10.7. The van der Waals surface area contributed by atoms with E-state index < -0.39 is 0 Å². The number of hydrogen-bond acceptors (Lipinski definition) is 4. The van der Waals surface area contributed by atoms with E-state index in [-0.39, 0.29) is 17.2 Å². The van der Waals surface area contributed by atoms with E-state index in [9.17, 15) is 9.18 Å². The van der Waals surface area contributed by atoms with E-state index in [1.54, 1.807) is 18.2 Å². The number of pyridine rings is 1. The van der Waals surface area contributed by atoms with Crippen molar-refractivity contribution in [2.75, 3.05) is 5.73 Å². The molecule has 1 aromatic carbocycles. The number of nitrogen functional groups attached to an aromatic ring is 1. The maximum absolute atomic E-state index is 13.3. The highest BCUT2D eigenvalue weighted by atomic mass is 19.1. The van der Waals surface area contributed by atoms with Gasteiger partial charge < -0.3 is 15.2 Å². The van der Waals surface area contributed by atoms with Crippen LogP contribution in [0.3, 0.4) is 0 Å². The van der Waals surface area contributed by atoms with Crippen molar-refractivity contribution in [2.45, 2.75) is 0 Å². The van der Waals surface area contributed by atoms with Crippen LogP contribution >= 0.6 is 0 Å². The summed E-state index contributed by atoms with van der Waals surface area (Å²) in [6.45, 7) is 0. The molecule has 0 saturated heterocycles. The van der Waals surface area contributed by atoms with Crippen LogP contribution in [0.2, 0.25) is 0 Å². The predicted octanol–water partition coefficient (Wildman–Crippen LogP) is 2.42. The quantitative estimate of drug-likeness (QED) is 0.749. The smallest absolute Gasteiger partial charge is 0.247 e. The summed E-state index contributed by atoms with van der Waals surface area (Å²) in [5, 5.41) is 3.71. The Morgan fingerprint density at radius 3 is 2.75 bits per heavy atom. The van der Waals surface area contributed by atoms with Crippen LogP contribution in [0, 0.1) is 5.82 Å². The van der Waals surface area contributed by atoms with Crippen LogP contribution < -0.4 is 11.3 Å². The first kappa shape index (κ1) is 12.2. The van der Waals surface area contributed by atoms with Crippen LogP contribution in [0.15, 0.2) is 51.9 Å². The molecule has 0 aliphatic heterocycles. The van der Waals surface area contributed by atoms with Crippen LogP contribution in [0.4, 0.5) is 10.2 Å². The van der Waals surface area contributed by atoms with Crippen molar-refractivity contribution in [3.05, 3.63) is 58.8 Å². The SMILES string of the molecule is Nc1noc(-c2ccc(=O)[nH]c2)c1-c1cccc(F)c1. The summed E-state index contributed by atoms with van der Waals surface area (Å²) in [5.74, 6) is 0.164. The van der Waals surface area contributed by atoms with Crippen molar-refractivity contribution in [3.8, 4) is 22.5 Å². The van der Waals surface area contributed by atoms with Crippen LogP contribution in [-0.4, -0.2) is 10.1 Å². The van der Waals surface area contributed by atoms with Gasteiger partial charge in [-0.1, -0.05) is 17.3 Å². The van der Waals surface area contributed by atoms with E-state index in [4.69, 9.17) is 10.3 Å². The van der Waals surface area contributed by atoms with Crippen molar-refractivity contribution in [1.29, 1.82) is 0 Å². The number of halogens is 1. The first-order valence-corrected chi connectivity index (χ1v) is 5.85. The lowest BCUT2D eigenvalue weighted by atomic mass is 10.0. The van der Waals surface area contributed by atoms with Gasteiger partial charge in [-0.25, -0.2) is 4.39 Å². The summed E-state index contributed by atoms with van der Waals surface area (Å²) < 4.78 is 18.5. The molecule has 20 heavy (non-hydrogen) atoms. The number of nitrogens with zero attached hydrogens (tertiary/aromatic N) is 1. The van der Waals surface area contributed by atoms with Gasteiger partial charge in [-0.2, -0.15) is 0 Å². The van der Waals surface area contributed by atoms with Crippen LogP contribution in [0.1, 0.15) is 0 Å². The predicted molar refractivity (Wildman–Crippen MR) is 72.4 cm³/mol. The molecule has 2 aromatic heterocycles. The van der Waals surface area contributed by atoms with Crippen molar-refractivity contribution < 1.29 is 8.91 Å². The average Bonchev–Trinajstić information content (AvgIpc) is 2.81.